The molecule has 0 radical (unpaired) electrons. The summed E-state index contributed by atoms with van der Waals surface area (Å²) in [6, 6.07) is 19.2. The number of thiazole rings is 1. The van der Waals surface area contributed by atoms with Crippen LogP contribution in [0.3, 0.4) is 0 Å². The molecule has 4 aromatic carbocycles. The fourth-order valence-electron chi connectivity index (χ4n) is 5.84. The van der Waals surface area contributed by atoms with Gasteiger partial charge in [-0.15, -0.1) is 11.3 Å². The second kappa shape index (κ2) is 11.6. The van der Waals surface area contributed by atoms with Gasteiger partial charge in [-0.25, -0.2) is 22.7 Å². The summed E-state index contributed by atoms with van der Waals surface area (Å²) in [5.74, 6) is -1.59. The number of nitrogens with zero attached hydrogens (tertiary/aromatic N) is 3. The van der Waals surface area contributed by atoms with Gasteiger partial charge in [0.25, 0.3) is 5.91 Å². The maximum atomic E-state index is 14.5. The lowest BCUT2D eigenvalue weighted by atomic mass is 10.0. The van der Waals surface area contributed by atoms with Crippen molar-refractivity contribution < 1.29 is 22.4 Å². The number of sulfonamides is 1. The van der Waals surface area contributed by atoms with E-state index in [4.69, 9.17) is 4.98 Å². The minimum Gasteiger partial charge on any atom is -0.274 e. The van der Waals surface area contributed by atoms with Gasteiger partial charge in [-0.3, -0.25) is 9.59 Å². The van der Waals surface area contributed by atoms with Crippen LogP contribution in [0, 0.1) is 40.4 Å². The highest BCUT2D eigenvalue weighted by Crippen LogP contribution is 2.36. The number of aryl methyl sites for hydroxylation is 3. The van der Waals surface area contributed by atoms with E-state index in [1.165, 1.54) is 24.3 Å². The molecule has 45 heavy (non-hydrogen) atoms. The summed E-state index contributed by atoms with van der Waals surface area (Å²) in [5, 5.41) is 0.815. The lowest BCUT2D eigenvalue weighted by molar-refractivity contribution is -0.122. The van der Waals surface area contributed by atoms with Gasteiger partial charge < -0.3 is 0 Å². The lowest BCUT2D eigenvalue weighted by Gasteiger charge is -2.29. The number of fused-ring (bicyclic) bond motifs is 1. The Kier molecular flexibility index (Phi) is 7.93. The number of carbonyl (C=O) groups excluding carboxylic acids is 2. The van der Waals surface area contributed by atoms with Crippen molar-refractivity contribution in [1.29, 1.82) is 0 Å². The van der Waals surface area contributed by atoms with Crippen LogP contribution in [0.2, 0.25) is 0 Å². The van der Waals surface area contributed by atoms with Crippen LogP contribution in [0.4, 0.5) is 10.1 Å². The van der Waals surface area contributed by atoms with Crippen LogP contribution < -0.4 is 4.90 Å². The summed E-state index contributed by atoms with van der Waals surface area (Å²) < 4.78 is 44.9. The summed E-state index contributed by atoms with van der Waals surface area (Å²) in [6.07, 6.45) is -0.318. The van der Waals surface area contributed by atoms with Crippen LogP contribution in [-0.2, 0) is 26.2 Å². The fourth-order valence-corrected chi connectivity index (χ4v) is 9.06. The molecule has 230 valence electrons. The Bertz CT molecular complexity index is 2060. The standard InChI is InChI=1S/C35H32FN3O4S2/c1-20-6-15-29-31(16-20)44-34(37-29)26-9-13-28(14-10-26)39-32(40)18-30(35(39)41)38(19-25-7-11-27(36)12-8-25)45(42,43)33-23(4)21(2)17-22(3)24(33)5/h6-17,30H,18-19H2,1-5H3. The van der Waals surface area contributed by atoms with E-state index in [0.717, 1.165) is 46.7 Å². The molecule has 1 aliphatic rings. The summed E-state index contributed by atoms with van der Waals surface area (Å²) >= 11 is 1.56. The predicted octanol–water partition coefficient (Wildman–Crippen LogP) is 7.17. The smallest absolute Gasteiger partial charge is 0.252 e. The highest BCUT2D eigenvalue weighted by Gasteiger charge is 2.47. The van der Waals surface area contributed by atoms with Gasteiger partial charge >= 0.3 is 0 Å². The van der Waals surface area contributed by atoms with Gasteiger partial charge in [0.15, 0.2) is 0 Å². The van der Waals surface area contributed by atoms with Gasteiger partial charge in [0.1, 0.15) is 16.9 Å². The lowest BCUT2D eigenvalue weighted by Crippen LogP contribution is -2.45. The van der Waals surface area contributed by atoms with Crippen LogP contribution in [0.1, 0.15) is 39.8 Å². The highest BCUT2D eigenvalue weighted by atomic mass is 32.2. The first kappa shape index (κ1) is 30.8. The zero-order chi connectivity index (χ0) is 32.2. The first-order valence-electron chi connectivity index (χ1n) is 14.5. The van der Waals surface area contributed by atoms with E-state index in [9.17, 15) is 22.4 Å². The maximum absolute atomic E-state index is 14.5. The molecule has 1 unspecified atom stereocenters. The number of benzene rings is 4. The Morgan fingerprint density at radius 3 is 2.18 bits per heavy atom. The number of carbonyl (C=O) groups is 2. The van der Waals surface area contributed by atoms with Crippen molar-refractivity contribution in [3.63, 3.8) is 0 Å². The van der Waals surface area contributed by atoms with E-state index in [-0.39, 0.29) is 17.9 Å². The molecule has 0 N–H and O–H groups in total. The molecule has 2 amide bonds. The van der Waals surface area contributed by atoms with E-state index >= 15 is 0 Å². The molecule has 10 heteroatoms. The third kappa shape index (κ3) is 5.58. The number of hydrogen-bond acceptors (Lipinski definition) is 6. The second-order valence-electron chi connectivity index (χ2n) is 11.6. The van der Waals surface area contributed by atoms with Crippen molar-refractivity contribution in [2.24, 2.45) is 0 Å². The maximum Gasteiger partial charge on any atom is 0.252 e. The fraction of sp³-hybridized carbons (Fsp3) is 0.229. The average molecular weight is 642 g/mol. The number of hydrogen-bond donors (Lipinski definition) is 0. The van der Waals surface area contributed by atoms with Crippen LogP contribution in [0.5, 0.6) is 0 Å². The number of halogens is 1. The molecule has 1 aromatic heterocycles. The van der Waals surface area contributed by atoms with E-state index in [2.05, 4.69) is 6.07 Å². The van der Waals surface area contributed by atoms with Gasteiger partial charge in [-0.1, -0.05) is 24.3 Å². The molecule has 1 atom stereocenters. The van der Waals surface area contributed by atoms with Gasteiger partial charge in [-0.2, -0.15) is 4.31 Å². The minimum absolute atomic E-state index is 0.121. The molecule has 1 fully saturated rings. The molecular formula is C35H32FN3O4S2. The zero-order valence-corrected chi connectivity index (χ0v) is 27.2. The Morgan fingerprint density at radius 2 is 1.53 bits per heavy atom. The largest absolute Gasteiger partial charge is 0.274 e. The second-order valence-corrected chi connectivity index (χ2v) is 14.4. The minimum atomic E-state index is -4.29. The van der Waals surface area contributed by atoms with Gasteiger partial charge in [-0.05, 0) is 117 Å². The van der Waals surface area contributed by atoms with Crippen molar-refractivity contribution in [2.45, 2.75) is 58.5 Å². The van der Waals surface area contributed by atoms with Crippen molar-refractivity contribution in [1.82, 2.24) is 9.29 Å². The molecule has 0 bridgehead atoms. The van der Waals surface area contributed by atoms with Crippen LogP contribution in [-0.4, -0.2) is 35.6 Å². The Morgan fingerprint density at radius 1 is 0.889 bits per heavy atom. The van der Waals surface area contributed by atoms with Crippen LogP contribution >= 0.6 is 11.3 Å². The van der Waals surface area contributed by atoms with E-state index in [1.54, 1.807) is 37.3 Å². The predicted molar refractivity (Wildman–Crippen MR) is 175 cm³/mol. The van der Waals surface area contributed by atoms with Gasteiger partial charge in [0.2, 0.25) is 15.9 Å². The molecule has 1 saturated heterocycles. The summed E-state index contributed by atoms with van der Waals surface area (Å²) in [6.45, 7) is 9.00. The molecule has 1 aliphatic heterocycles. The van der Waals surface area contributed by atoms with Crippen LogP contribution in [0.25, 0.3) is 20.8 Å². The first-order valence-corrected chi connectivity index (χ1v) is 16.8. The van der Waals surface area contributed by atoms with Crippen molar-refractivity contribution in [3.8, 4) is 10.6 Å². The van der Waals surface area contributed by atoms with Crippen molar-refractivity contribution >= 4 is 49.1 Å². The number of amides is 2. The topological polar surface area (TPSA) is 87.7 Å². The monoisotopic (exact) mass is 641 g/mol. The number of rotatable bonds is 7. The van der Waals surface area contributed by atoms with Gasteiger partial charge in [0.05, 0.1) is 27.2 Å². The van der Waals surface area contributed by atoms with Crippen molar-refractivity contribution in [3.05, 3.63) is 112 Å². The Hall–Kier alpha value is -4.25. The molecule has 5 aromatic rings. The quantitative estimate of drug-likeness (QED) is 0.176. The molecular weight excluding hydrogens is 610 g/mol. The summed E-state index contributed by atoms with van der Waals surface area (Å²) in [5.41, 5.74) is 6.50. The zero-order valence-electron chi connectivity index (χ0n) is 25.6. The van der Waals surface area contributed by atoms with E-state index in [0.29, 0.717) is 22.4 Å². The van der Waals surface area contributed by atoms with Crippen molar-refractivity contribution in [2.75, 3.05) is 4.90 Å². The van der Waals surface area contributed by atoms with E-state index in [1.807, 2.05) is 51.1 Å². The first-order chi connectivity index (χ1) is 21.3. The molecule has 6 rings (SSSR count). The summed E-state index contributed by atoms with van der Waals surface area (Å²) in [7, 11) is -4.29. The summed E-state index contributed by atoms with van der Waals surface area (Å²) in [4.78, 5) is 33.3. The molecule has 0 aliphatic carbocycles. The molecule has 7 nitrogen and oxygen atoms in total. The number of aromatic nitrogens is 1. The third-order valence-electron chi connectivity index (χ3n) is 8.50. The molecule has 2 heterocycles. The highest BCUT2D eigenvalue weighted by molar-refractivity contribution is 7.89. The van der Waals surface area contributed by atoms with Crippen LogP contribution in [0.15, 0.2) is 77.7 Å². The molecule has 0 spiro atoms. The average Bonchev–Trinajstić information content (AvgIpc) is 3.55. The molecule has 0 saturated carbocycles. The third-order valence-corrected chi connectivity index (χ3v) is 11.7. The van der Waals surface area contributed by atoms with E-state index < -0.39 is 33.7 Å². The number of anilines is 1. The normalized spacial score (nSPS) is 15.5. The number of imide groups is 1. The SMILES string of the molecule is Cc1ccc2nc(-c3ccc(N4C(=O)CC(N(Cc5ccc(F)cc5)S(=O)(=O)c5c(C)c(C)cc(C)c5C)C4=O)cc3)sc2c1. The Labute approximate surface area is 266 Å². The van der Waals surface area contributed by atoms with Gasteiger partial charge in [0, 0.05) is 12.1 Å². The Balaban J connectivity index is 1.36.